The molecule has 2 heterocycles. The van der Waals surface area contributed by atoms with E-state index in [-0.39, 0.29) is 5.91 Å². The summed E-state index contributed by atoms with van der Waals surface area (Å²) in [4.78, 5) is 20.4. The number of carbonyl (C=O) groups excluding carboxylic acids is 1. The number of methoxy groups -OCH3 is 1. The third-order valence-corrected chi connectivity index (χ3v) is 6.44. The number of likely N-dealkylation sites (N-methyl/N-ethyl adjacent to an activating group) is 1. The van der Waals surface area contributed by atoms with Crippen LogP contribution in [0.15, 0.2) is 29.6 Å². The maximum atomic E-state index is 12.6. The molecule has 0 N–H and O–H groups in total. The van der Waals surface area contributed by atoms with Gasteiger partial charge in [0.1, 0.15) is 5.75 Å². The molecule has 0 atom stereocenters. The van der Waals surface area contributed by atoms with Gasteiger partial charge in [-0.1, -0.05) is 17.7 Å². The van der Waals surface area contributed by atoms with Gasteiger partial charge in [-0.05, 0) is 36.9 Å². The van der Waals surface area contributed by atoms with Gasteiger partial charge < -0.3 is 9.64 Å². The molecule has 1 amide bonds. The largest absolute Gasteiger partial charge is 0.496 e. The molecule has 0 radical (unpaired) electrons. The quantitative estimate of drug-likeness (QED) is 0.714. The van der Waals surface area contributed by atoms with Crippen LogP contribution in [0, 0.1) is 13.8 Å². The molecule has 0 aliphatic carbocycles. The lowest BCUT2D eigenvalue weighted by Crippen LogP contribution is -2.49. The Balaban J connectivity index is 1.47. The SMILES string of the molecule is COc1ccc(C)cc1CN1CCN(CC(=O)N(C)Cc2sccc2C)CC1. The van der Waals surface area contributed by atoms with Gasteiger partial charge in [-0.15, -0.1) is 11.3 Å². The predicted octanol–water partition coefficient (Wildman–Crippen LogP) is 3.15. The smallest absolute Gasteiger partial charge is 0.236 e. The van der Waals surface area contributed by atoms with Crippen LogP contribution < -0.4 is 4.74 Å². The van der Waals surface area contributed by atoms with Gasteiger partial charge in [0.05, 0.1) is 20.2 Å². The molecular weight excluding hydrogens is 370 g/mol. The molecule has 1 saturated heterocycles. The summed E-state index contributed by atoms with van der Waals surface area (Å²) in [6.45, 7) is 10.1. The summed E-state index contributed by atoms with van der Waals surface area (Å²) in [7, 11) is 3.63. The van der Waals surface area contributed by atoms with Crippen molar-refractivity contribution in [2.24, 2.45) is 0 Å². The van der Waals surface area contributed by atoms with Gasteiger partial charge in [0.25, 0.3) is 0 Å². The zero-order valence-electron chi connectivity index (χ0n) is 17.4. The molecule has 0 spiro atoms. The van der Waals surface area contributed by atoms with E-state index in [1.54, 1.807) is 18.4 Å². The lowest BCUT2D eigenvalue weighted by atomic mass is 10.1. The Morgan fingerprint density at radius 1 is 1.14 bits per heavy atom. The van der Waals surface area contributed by atoms with E-state index in [4.69, 9.17) is 4.74 Å². The van der Waals surface area contributed by atoms with Gasteiger partial charge in [0, 0.05) is 50.2 Å². The fraction of sp³-hybridized carbons (Fsp3) is 0.500. The second-order valence-electron chi connectivity index (χ2n) is 7.64. The van der Waals surface area contributed by atoms with Crippen molar-refractivity contribution in [2.75, 3.05) is 46.9 Å². The highest BCUT2D eigenvalue weighted by Crippen LogP contribution is 2.22. The Morgan fingerprint density at radius 3 is 2.50 bits per heavy atom. The minimum atomic E-state index is 0.196. The van der Waals surface area contributed by atoms with Crippen molar-refractivity contribution >= 4 is 17.2 Å². The first-order valence-corrected chi connectivity index (χ1v) is 10.7. The van der Waals surface area contributed by atoms with Crippen LogP contribution in [-0.2, 0) is 17.9 Å². The highest BCUT2D eigenvalue weighted by molar-refractivity contribution is 7.10. The van der Waals surface area contributed by atoms with E-state index in [9.17, 15) is 4.79 Å². The van der Waals surface area contributed by atoms with Crippen molar-refractivity contribution in [1.29, 1.82) is 0 Å². The molecule has 152 valence electrons. The highest BCUT2D eigenvalue weighted by Gasteiger charge is 2.21. The summed E-state index contributed by atoms with van der Waals surface area (Å²) in [6.07, 6.45) is 0. The van der Waals surface area contributed by atoms with Crippen LogP contribution in [0.2, 0.25) is 0 Å². The Labute approximate surface area is 172 Å². The number of carbonyl (C=O) groups is 1. The van der Waals surface area contributed by atoms with Gasteiger partial charge in [-0.2, -0.15) is 0 Å². The van der Waals surface area contributed by atoms with Crippen molar-refractivity contribution < 1.29 is 9.53 Å². The van der Waals surface area contributed by atoms with Gasteiger partial charge in [-0.3, -0.25) is 14.6 Å². The third-order valence-electron chi connectivity index (χ3n) is 5.43. The highest BCUT2D eigenvalue weighted by atomic mass is 32.1. The van der Waals surface area contributed by atoms with Crippen molar-refractivity contribution in [3.63, 3.8) is 0 Å². The molecule has 1 aliphatic heterocycles. The number of thiophene rings is 1. The molecule has 0 unspecified atom stereocenters. The Hall–Kier alpha value is -1.89. The minimum Gasteiger partial charge on any atom is -0.496 e. The Kier molecular flexibility index (Phi) is 7.10. The monoisotopic (exact) mass is 401 g/mol. The molecule has 1 aromatic heterocycles. The molecule has 1 aromatic carbocycles. The van der Waals surface area contributed by atoms with E-state index in [1.165, 1.54) is 21.6 Å². The summed E-state index contributed by atoms with van der Waals surface area (Å²) < 4.78 is 5.51. The number of ether oxygens (including phenoxy) is 1. The summed E-state index contributed by atoms with van der Waals surface area (Å²) >= 11 is 1.72. The van der Waals surface area contributed by atoms with Crippen LogP contribution >= 0.6 is 11.3 Å². The Morgan fingerprint density at radius 2 is 1.86 bits per heavy atom. The second kappa shape index (κ2) is 9.54. The average Bonchev–Trinajstić information content (AvgIpc) is 3.08. The Bertz CT molecular complexity index is 797. The number of aryl methyl sites for hydroxylation is 2. The van der Waals surface area contributed by atoms with E-state index < -0.39 is 0 Å². The summed E-state index contributed by atoms with van der Waals surface area (Å²) in [5.41, 5.74) is 3.76. The normalized spacial score (nSPS) is 15.6. The molecule has 5 nitrogen and oxygen atoms in total. The molecule has 6 heteroatoms. The lowest BCUT2D eigenvalue weighted by molar-refractivity contribution is -0.132. The maximum Gasteiger partial charge on any atom is 0.236 e. The third kappa shape index (κ3) is 5.34. The van der Waals surface area contributed by atoms with Gasteiger partial charge in [-0.25, -0.2) is 0 Å². The molecule has 2 aromatic rings. The topological polar surface area (TPSA) is 36.0 Å². The molecule has 1 aliphatic rings. The number of nitrogens with zero attached hydrogens (tertiary/aromatic N) is 3. The van der Waals surface area contributed by atoms with E-state index in [2.05, 4.69) is 47.2 Å². The molecule has 0 saturated carbocycles. The average molecular weight is 402 g/mol. The van der Waals surface area contributed by atoms with Crippen LogP contribution in [0.4, 0.5) is 0 Å². The minimum absolute atomic E-state index is 0.196. The van der Waals surface area contributed by atoms with E-state index in [0.717, 1.165) is 38.5 Å². The maximum absolute atomic E-state index is 12.6. The zero-order valence-corrected chi connectivity index (χ0v) is 18.2. The molecule has 1 fully saturated rings. The van der Waals surface area contributed by atoms with E-state index in [1.807, 2.05) is 18.0 Å². The number of piperazine rings is 1. The predicted molar refractivity (Wildman–Crippen MR) is 115 cm³/mol. The van der Waals surface area contributed by atoms with Crippen LogP contribution in [0.1, 0.15) is 21.6 Å². The second-order valence-corrected chi connectivity index (χ2v) is 8.64. The van der Waals surface area contributed by atoms with Gasteiger partial charge in [0.15, 0.2) is 0 Å². The summed E-state index contributed by atoms with van der Waals surface area (Å²) in [5.74, 6) is 1.15. The number of rotatable bonds is 7. The molecular formula is C22H31N3O2S. The van der Waals surface area contributed by atoms with Crippen LogP contribution in [0.25, 0.3) is 0 Å². The number of benzene rings is 1. The van der Waals surface area contributed by atoms with Gasteiger partial charge in [0.2, 0.25) is 5.91 Å². The molecule has 28 heavy (non-hydrogen) atoms. The van der Waals surface area contributed by atoms with Crippen molar-refractivity contribution in [1.82, 2.24) is 14.7 Å². The standard InChI is InChI=1S/C22H31N3O2S/c1-17-5-6-20(27-4)19(13-17)14-24-8-10-25(11-9-24)16-22(26)23(3)15-21-18(2)7-12-28-21/h5-7,12-13H,8-11,14-16H2,1-4H3. The van der Waals surface area contributed by atoms with Gasteiger partial charge >= 0.3 is 0 Å². The first kappa shape index (κ1) is 20.8. The van der Waals surface area contributed by atoms with E-state index in [0.29, 0.717) is 13.1 Å². The molecule has 0 bridgehead atoms. The fourth-order valence-corrected chi connectivity index (χ4v) is 4.52. The molecule has 3 rings (SSSR count). The fourth-order valence-electron chi connectivity index (χ4n) is 3.56. The number of hydrogen-bond donors (Lipinski definition) is 0. The number of hydrogen-bond acceptors (Lipinski definition) is 5. The number of amides is 1. The van der Waals surface area contributed by atoms with E-state index >= 15 is 0 Å². The summed E-state index contributed by atoms with van der Waals surface area (Å²) in [6, 6.07) is 8.45. The first-order valence-electron chi connectivity index (χ1n) is 9.81. The summed E-state index contributed by atoms with van der Waals surface area (Å²) in [5, 5.41) is 2.09. The van der Waals surface area contributed by atoms with Crippen molar-refractivity contribution in [3.05, 3.63) is 51.2 Å². The van der Waals surface area contributed by atoms with Crippen LogP contribution in [0.5, 0.6) is 5.75 Å². The van der Waals surface area contributed by atoms with Crippen LogP contribution in [0.3, 0.4) is 0 Å². The van der Waals surface area contributed by atoms with Crippen LogP contribution in [-0.4, -0.2) is 67.5 Å². The lowest BCUT2D eigenvalue weighted by Gasteiger charge is -2.35. The van der Waals surface area contributed by atoms with Crippen molar-refractivity contribution in [3.8, 4) is 5.75 Å². The zero-order chi connectivity index (χ0) is 20.1. The van der Waals surface area contributed by atoms with Crippen molar-refractivity contribution in [2.45, 2.75) is 26.9 Å². The first-order chi connectivity index (χ1) is 13.5.